The third-order valence-corrected chi connectivity index (χ3v) is 1.05. The Morgan fingerprint density at radius 2 is 2.08 bits per heavy atom. The van der Waals surface area contributed by atoms with Crippen LogP contribution in [0.15, 0.2) is 0 Å². The maximum absolute atomic E-state index is 10.6. The van der Waals surface area contributed by atoms with Gasteiger partial charge in [-0.25, -0.2) is 4.79 Å². The lowest BCUT2D eigenvalue weighted by molar-refractivity contribution is -0.154. The smallest absolute Gasteiger partial charge is 0.334 e. The second-order valence-electron chi connectivity index (χ2n) is 2.18. The molecule has 0 aromatic carbocycles. The molecule has 0 heterocycles. The van der Waals surface area contributed by atoms with Crippen LogP contribution in [0.25, 0.3) is 0 Å². The summed E-state index contributed by atoms with van der Waals surface area (Å²) in [5, 5.41) is 17.0. The molecule has 5 heteroatoms. The number of ether oxygens (including phenoxy) is 2. The van der Waals surface area contributed by atoms with Gasteiger partial charge >= 0.3 is 5.97 Å². The Hall–Kier alpha value is -0.650. The highest BCUT2D eigenvalue weighted by atomic mass is 16.6. The molecule has 72 valence electrons. The molecular weight excluding hydrogens is 164 g/mol. The first-order valence-corrected chi connectivity index (χ1v) is 3.71. The number of aliphatic hydroxyl groups excluding tert-OH is 2. The second-order valence-corrected chi connectivity index (χ2v) is 2.18. The number of hydrogen-bond donors (Lipinski definition) is 2. The number of carbonyl (C=O) groups is 1. The molecule has 0 bridgehead atoms. The van der Waals surface area contributed by atoms with Crippen LogP contribution >= 0.6 is 0 Å². The minimum Gasteiger partial charge on any atom is -0.461 e. The van der Waals surface area contributed by atoms with Crippen LogP contribution in [-0.2, 0) is 14.3 Å². The predicted octanol–water partition coefficient (Wildman–Crippen LogP) is -1.08. The second kappa shape index (κ2) is 7.02. The average molecular weight is 178 g/mol. The summed E-state index contributed by atoms with van der Waals surface area (Å²) in [7, 11) is 0. The fraction of sp³-hybridized carbons (Fsp3) is 0.857. The first kappa shape index (κ1) is 11.4. The van der Waals surface area contributed by atoms with Crippen LogP contribution in [0.5, 0.6) is 0 Å². The maximum Gasteiger partial charge on any atom is 0.334 e. The Balaban J connectivity index is 3.14. The summed E-state index contributed by atoms with van der Waals surface area (Å²) in [5.74, 6) is -0.664. The van der Waals surface area contributed by atoms with Crippen molar-refractivity contribution < 1.29 is 24.5 Å². The molecule has 0 aliphatic rings. The standard InChI is InChI=1S/C7H14O5/c1-6(9)7(10)12-5-4-11-3-2-8/h6,8-9H,2-5H2,1H3/t6-/m1/s1. The lowest BCUT2D eigenvalue weighted by atomic mass is 10.4. The van der Waals surface area contributed by atoms with Gasteiger partial charge in [-0.05, 0) is 6.92 Å². The first-order valence-electron chi connectivity index (χ1n) is 3.71. The van der Waals surface area contributed by atoms with Gasteiger partial charge < -0.3 is 19.7 Å². The molecule has 12 heavy (non-hydrogen) atoms. The van der Waals surface area contributed by atoms with Crippen molar-refractivity contribution in [3.63, 3.8) is 0 Å². The molecule has 2 N–H and O–H groups in total. The van der Waals surface area contributed by atoms with Crippen molar-refractivity contribution in [2.75, 3.05) is 26.4 Å². The van der Waals surface area contributed by atoms with E-state index in [1.165, 1.54) is 6.92 Å². The number of esters is 1. The van der Waals surface area contributed by atoms with E-state index >= 15 is 0 Å². The van der Waals surface area contributed by atoms with Crippen molar-refractivity contribution in [3.8, 4) is 0 Å². The average Bonchev–Trinajstić information content (AvgIpc) is 2.03. The highest BCUT2D eigenvalue weighted by Crippen LogP contribution is 1.86. The molecule has 0 saturated heterocycles. The molecule has 0 amide bonds. The molecule has 0 saturated carbocycles. The van der Waals surface area contributed by atoms with Gasteiger partial charge in [0.1, 0.15) is 12.7 Å². The van der Waals surface area contributed by atoms with Crippen molar-refractivity contribution in [1.29, 1.82) is 0 Å². The van der Waals surface area contributed by atoms with Gasteiger partial charge in [0.2, 0.25) is 0 Å². The van der Waals surface area contributed by atoms with Crippen molar-refractivity contribution in [3.05, 3.63) is 0 Å². The Bertz CT molecular complexity index is 123. The molecule has 0 fully saturated rings. The third-order valence-electron chi connectivity index (χ3n) is 1.05. The monoisotopic (exact) mass is 178 g/mol. The normalized spacial score (nSPS) is 12.6. The van der Waals surface area contributed by atoms with Gasteiger partial charge in [-0.2, -0.15) is 0 Å². The van der Waals surface area contributed by atoms with Crippen LogP contribution in [0.1, 0.15) is 6.92 Å². The van der Waals surface area contributed by atoms with E-state index in [1.54, 1.807) is 0 Å². The summed E-state index contributed by atoms with van der Waals surface area (Å²) in [4.78, 5) is 10.6. The molecule has 0 aromatic rings. The van der Waals surface area contributed by atoms with Gasteiger partial charge in [0, 0.05) is 0 Å². The van der Waals surface area contributed by atoms with Gasteiger partial charge in [-0.1, -0.05) is 0 Å². The van der Waals surface area contributed by atoms with Crippen LogP contribution in [-0.4, -0.2) is 48.7 Å². The van der Waals surface area contributed by atoms with E-state index in [1.807, 2.05) is 0 Å². The number of hydrogen-bond acceptors (Lipinski definition) is 5. The maximum atomic E-state index is 10.6. The molecule has 0 radical (unpaired) electrons. The molecule has 0 rings (SSSR count). The Morgan fingerprint density at radius 1 is 1.42 bits per heavy atom. The van der Waals surface area contributed by atoms with Crippen molar-refractivity contribution in [2.45, 2.75) is 13.0 Å². The minimum absolute atomic E-state index is 0.0512. The van der Waals surface area contributed by atoms with E-state index in [-0.39, 0.29) is 26.4 Å². The predicted molar refractivity (Wildman–Crippen MR) is 40.5 cm³/mol. The first-order chi connectivity index (χ1) is 5.68. The molecule has 5 nitrogen and oxygen atoms in total. The van der Waals surface area contributed by atoms with E-state index in [0.717, 1.165) is 0 Å². The van der Waals surface area contributed by atoms with E-state index < -0.39 is 12.1 Å². The molecule has 1 atom stereocenters. The van der Waals surface area contributed by atoms with E-state index in [2.05, 4.69) is 4.74 Å². The summed E-state index contributed by atoms with van der Waals surface area (Å²) in [6, 6.07) is 0. The largest absolute Gasteiger partial charge is 0.461 e. The van der Waals surface area contributed by atoms with E-state index in [9.17, 15) is 4.79 Å². The van der Waals surface area contributed by atoms with Crippen LogP contribution in [0.2, 0.25) is 0 Å². The van der Waals surface area contributed by atoms with E-state index in [0.29, 0.717) is 0 Å². The van der Waals surface area contributed by atoms with Gasteiger partial charge in [0.15, 0.2) is 0 Å². The zero-order valence-electron chi connectivity index (χ0n) is 7.02. The van der Waals surface area contributed by atoms with Crippen LogP contribution < -0.4 is 0 Å². The quantitative estimate of drug-likeness (QED) is 0.399. The molecular formula is C7H14O5. The number of carbonyl (C=O) groups excluding carboxylic acids is 1. The lowest BCUT2D eigenvalue weighted by Crippen LogP contribution is -2.21. The summed E-state index contributed by atoms with van der Waals surface area (Å²) in [6.45, 7) is 1.84. The molecule has 0 aliphatic carbocycles. The van der Waals surface area contributed by atoms with Gasteiger partial charge in [0.05, 0.1) is 19.8 Å². The van der Waals surface area contributed by atoms with Gasteiger partial charge in [0.25, 0.3) is 0 Å². The lowest BCUT2D eigenvalue weighted by Gasteiger charge is -2.06. The van der Waals surface area contributed by atoms with E-state index in [4.69, 9.17) is 14.9 Å². The van der Waals surface area contributed by atoms with Crippen LogP contribution in [0.3, 0.4) is 0 Å². The molecule has 0 spiro atoms. The van der Waals surface area contributed by atoms with Crippen LogP contribution in [0, 0.1) is 0 Å². The fourth-order valence-electron chi connectivity index (χ4n) is 0.488. The number of rotatable bonds is 6. The molecule has 0 aromatic heterocycles. The summed E-state index contributed by atoms with van der Waals surface area (Å²) >= 11 is 0. The van der Waals surface area contributed by atoms with Gasteiger partial charge in [-0.15, -0.1) is 0 Å². The summed E-state index contributed by atoms with van der Waals surface area (Å²) < 4.78 is 9.36. The minimum atomic E-state index is -1.09. The van der Waals surface area contributed by atoms with Crippen molar-refractivity contribution in [2.24, 2.45) is 0 Å². The topological polar surface area (TPSA) is 76.0 Å². The Morgan fingerprint density at radius 3 is 2.58 bits per heavy atom. The zero-order valence-corrected chi connectivity index (χ0v) is 7.02. The molecule has 0 unspecified atom stereocenters. The summed E-state index contributed by atoms with van der Waals surface area (Å²) in [5.41, 5.74) is 0. The molecule has 0 aliphatic heterocycles. The van der Waals surface area contributed by atoms with Crippen molar-refractivity contribution in [1.82, 2.24) is 0 Å². The Kier molecular flexibility index (Phi) is 6.64. The van der Waals surface area contributed by atoms with Crippen LogP contribution in [0.4, 0.5) is 0 Å². The highest BCUT2D eigenvalue weighted by Gasteiger charge is 2.08. The zero-order chi connectivity index (χ0) is 9.40. The Labute approximate surface area is 70.9 Å². The summed E-state index contributed by atoms with van der Waals surface area (Å²) in [6.07, 6.45) is -1.09. The van der Waals surface area contributed by atoms with Crippen molar-refractivity contribution >= 4 is 5.97 Å². The van der Waals surface area contributed by atoms with Gasteiger partial charge in [-0.3, -0.25) is 0 Å². The SMILES string of the molecule is C[C@@H](O)C(=O)OCCOCCO. The highest BCUT2D eigenvalue weighted by molar-refractivity contribution is 5.73. The third kappa shape index (κ3) is 6.09. The number of aliphatic hydroxyl groups is 2. The fourth-order valence-corrected chi connectivity index (χ4v) is 0.488.